The van der Waals surface area contributed by atoms with Gasteiger partial charge in [0.05, 0.1) is 7.11 Å². The topological polar surface area (TPSA) is 74.2 Å². The van der Waals surface area contributed by atoms with Crippen LogP contribution in [0.4, 0.5) is 0 Å². The summed E-state index contributed by atoms with van der Waals surface area (Å²) in [6.45, 7) is 6.51. The van der Waals surface area contributed by atoms with Crippen molar-refractivity contribution in [2.75, 3.05) is 7.11 Å². The smallest absolute Gasteiger partial charge is 0.228 e. The monoisotopic (exact) mass is 289 g/mol. The Balaban J connectivity index is 2.07. The van der Waals surface area contributed by atoms with Crippen molar-refractivity contribution in [2.45, 2.75) is 39.7 Å². The summed E-state index contributed by atoms with van der Waals surface area (Å²) >= 11 is 0. The van der Waals surface area contributed by atoms with Gasteiger partial charge in [0.15, 0.2) is 0 Å². The Morgan fingerprint density at radius 2 is 2.10 bits per heavy atom. The average molecular weight is 289 g/mol. The van der Waals surface area contributed by atoms with Crippen LogP contribution in [0.25, 0.3) is 11.4 Å². The standard InChI is InChI=1S/C16H23N3O2/c1-16(2,3)10-12(17)9-14-18-15(19-21-14)11-6-5-7-13(8-11)20-4/h5-8,12H,9-10,17H2,1-4H3. The van der Waals surface area contributed by atoms with Gasteiger partial charge in [0.2, 0.25) is 11.7 Å². The molecule has 1 heterocycles. The summed E-state index contributed by atoms with van der Waals surface area (Å²) in [7, 11) is 1.63. The van der Waals surface area contributed by atoms with E-state index in [2.05, 4.69) is 30.9 Å². The predicted octanol–water partition coefficient (Wildman–Crippen LogP) is 3.05. The van der Waals surface area contributed by atoms with Crippen molar-refractivity contribution in [3.63, 3.8) is 0 Å². The van der Waals surface area contributed by atoms with Crippen molar-refractivity contribution in [3.8, 4) is 17.1 Å². The molecule has 2 N–H and O–H groups in total. The van der Waals surface area contributed by atoms with E-state index < -0.39 is 0 Å². The number of ether oxygens (including phenoxy) is 1. The van der Waals surface area contributed by atoms with E-state index in [1.165, 1.54) is 0 Å². The molecule has 2 aromatic rings. The third-order valence-electron chi connectivity index (χ3n) is 3.11. The fraction of sp³-hybridized carbons (Fsp3) is 0.500. The van der Waals surface area contributed by atoms with Crippen molar-refractivity contribution < 1.29 is 9.26 Å². The molecule has 0 amide bonds. The van der Waals surface area contributed by atoms with E-state index in [4.69, 9.17) is 15.0 Å². The third kappa shape index (κ3) is 4.56. The summed E-state index contributed by atoms with van der Waals surface area (Å²) in [6.07, 6.45) is 1.50. The van der Waals surface area contributed by atoms with Gasteiger partial charge in [-0.15, -0.1) is 0 Å². The summed E-state index contributed by atoms with van der Waals surface area (Å²) in [5, 5.41) is 4.01. The van der Waals surface area contributed by atoms with Gasteiger partial charge in [-0.1, -0.05) is 38.1 Å². The van der Waals surface area contributed by atoms with Crippen LogP contribution < -0.4 is 10.5 Å². The number of benzene rings is 1. The summed E-state index contributed by atoms with van der Waals surface area (Å²) in [4.78, 5) is 4.41. The summed E-state index contributed by atoms with van der Waals surface area (Å²) in [6, 6.07) is 7.60. The highest BCUT2D eigenvalue weighted by molar-refractivity contribution is 5.56. The highest BCUT2D eigenvalue weighted by atomic mass is 16.5. The molecule has 0 radical (unpaired) electrons. The minimum Gasteiger partial charge on any atom is -0.497 e. The zero-order valence-corrected chi connectivity index (χ0v) is 13.1. The van der Waals surface area contributed by atoms with E-state index >= 15 is 0 Å². The van der Waals surface area contributed by atoms with Gasteiger partial charge in [-0.05, 0) is 24.0 Å². The number of hydrogen-bond donors (Lipinski definition) is 1. The van der Waals surface area contributed by atoms with Crippen molar-refractivity contribution in [1.29, 1.82) is 0 Å². The van der Waals surface area contributed by atoms with Crippen LogP contribution in [0.5, 0.6) is 5.75 Å². The summed E-state index contributed by atoms with van der Waals surface area (Å²) in [5.74, 6) is 1.90. The molecular weight excluding hydrogens is 266 g/mol. The Hall–Kier alpha value is -1.88. The quantitative estimate of drug-likeness (QED) is 0.915. The molecule has 0 saturated carbocycles. The largest absolute Gasteiger partial charge is 0.497 e. The first-order valence-corrected chi connectivity index (χ1v) is 7.10. The van der Waals surface area contributed by atoms with Gasteiger partial charge in [-0.2, -0.15) is 4.98 Å². The van der Waals surface area contributed by atoms with Crippen LogP contribution in [0.3, 0.4) is 0 Å². The fourth-order valence-corrected chi connectivity index (χ4v) is 2.30. The van der Waals surface area contributed by atoms with Crippen molar-refractivity contribution >= 4 is 0 Å². The van der Waals surface area contributed by atoms with Crippen molar-refractivity contribution in [3.05, 3.63) is 30.2 Å². The molecule has 0 saturated heterocycles. The molecule has 21 heavy (non-hydrogen) atoms. The second-order valence-corrected chi connectivity index (χ2v) is 6.47. The number of nitrogens with zero attached hydrogens (tertiary/aromatic N) is 2. The number of aromatic nitrogens is 2. The first-order chi connectivity index (χ1) is 9.87. The van der Waals surface area contributed by atoms with Crippen LogP contribution in [0.2, 0.25) is 0 Å². The molecule has 1 aromatic carbocycles. The second-order valence-electron chi connectivity index (χ2n) is 6.47. The highest BCUT2D eigenvalue weighted by Gasteiger charge is 2.18. The maximum atomic E-state index is 6.14. The molecule has 0 aliphatic carbocycles. The lowest BCUT2D eigenvalue weighted by Crippen LogP contribution is -2.28. The van der Waals surface area contributed by atoms with E-state index in [0.29, 0.717) is 18.1 Å². The van der Waals surface area contributed by atoms with Crippen LogP contribution in [0.1, 0.15) is 33.1 Å². The van der Waals surface area contributed by atoms with Crippen LogP contribution >= 0.6 is 0 Å². The van der Waals surface area contributed by atoms with E-state index in [1.807, 2.05) is 24.3 Å². The lowest BCUT2D eigenvalue weighted by molar-refractivity contribution is 0.313. The molecule has 0 aliphatic heterocycles. The van der Waals surface area contributed by atoms with Crippen molar-refractivity contribution in [2.24, 2.45) is 11.1 Å². The lowest BCUT2D eigenvalue weighted by atomic mass is 9.87. The Bertz CT molecular complexity index is 587. The molecule has 0 spiro atoms. The highest BCUT2D eigenvalue weighted by Crippen LogP contribution is 2.23. The fourth-order valence-electron chi connectivity index (χ4n) is 2.30. The summed E-state index contributed by atoms with van der Waals surface area (Å²) < 4.78 is 10.5. The maximum absolute atomic E-state index is 6.14. The third-order valence-corrected chi connectivity index (χ3v) is 3.11. The van der Waals surface area contributed by atoms with Gasteiger partial charge < -0.3 is 15.0 Å². The molecule has 0 fully saturated rings. The molecule has 1 atom stereocenters. The van der Waals surface area contributed by atoms with Crippen molar-refractivity contribution in [1.82, 2.24) is 10.1 Å². The van der Waals surface area contributed by atoms with Gasteiger partial charge >= 0.3 is 0 Å². The molecule has 5 nitrogen and oxygen atoms in total. The Labute approximate surface area is 125 Å². The van der Waals surface area contributed by atoms with Crippen LogP contribution in [-0.2, 0) is 6.42 Å². The molecule has 2 rings (SSSR count). The first kappa shape index (κ1) is 15.5. The predicted molar refractivity (Wildman–Crippen MR) is 82.0 cm³/mol. The molecule has 1 aromatic heterocycles. The van der Waals surface area contributed by atoms with E-state index in [9.17, 15) is 0 Å². The molecule has 114 valence electrons. The lowest BCUT2D eigenvalue weighted by Gasteiger charge is -2.21. The van der Waals surface area contributed by atoms with E-state index in [-0.39, 0.29) is 11.5 Å². The number of rotatable bonds is 5. The Kier molecular flexibility index (Phi) is 4.63. The SMILES string of the molecule is COc1cccc(-c2noc(CC(N)CC(C)(C)C)n2)c1. The Morgan fingerprint density at radius 1 is 1.33 bits per heavy atom. The minimum absolute atomic E-state index is 0.0172. The van der Waals surface area contributed by atoms with Gasteiger partial charge in [0, 0.05) is 18.0 Å². The number of hydrogen-bond acceptors (Lipinski definition) is 5. The zero-order chi connectivity index (χ0) is 15.5. The second kappa shape index (κ2) is 6.26. The average Bonchev–Trinajstić information content (AvgIpc) is 2.85. The molecule has 1 unspecified atom stereocenters. The molecule has 5 heteroatoms. The minimum atomic E-state index is 0.0172. The molecule has 0 aliphatic rings. The zero-order valence-electron chi connectivity index (χ0n) is 13.1. The normalized spacial score (nSPS) is 13.2. The van der Waals surface area contributed by atoms with Gasteiger partial charge in [-0.3, -0.25) is 0 Å². The van der Waals surface area contributed by atoms with E-state index in [1.54, 1.807) is 7.11 Å². The Morgan fingerprint density at radius 3 is 2.76 bits per heavy atom. The first-order valence-electron chi connectivity index (χ1n) is 7.10. The molecule has 0 bridgehead atoms. The molecular formula is C16H23N3O2. The van der Waals surface area contributed by atoms with E-state index in [0.717, 1.165) is 17.7 Å². The maximum Gasteiger partial charge on any atom is 0.228 e. The van der Waals surface area contributed by atoms with Crippen LogP contribution in [0.15, 0.2) is 28.8 Å². The van der Waals surface area contributed by atoms with Crippen LogP contribution in [-0.4, -0.2) is 23.3 Å². The van der Waals surface area contributed by atoms with Crippen LogP contribution in [0, 0.1) is 5.41 Å². The van der Waals surface area contributed by atoms with Gasteiger partial charge in [-0.25, -0.2) is 0 Å². The van der Waals surface area contributed by atoms with Gasteiger partial charge in [0.25, 0.3) is 0 Å². The number of nitrogens with two attached hydrogens (primary N) is 1. The summed E-state index contributed by atoms with van der Waals surface area (Å²) in [5.41, 5.74) is 7.20. The number of methoxy groups -OCH3 is 1. The van der Waals surface area contributed by atoms with Gasteiger partial charge in [0.1, 0.15) is 5.75 Å².